The second-order valence-electron chi connectivity index (χ2n) is 6.50. The first-order valence-corrected chi connectivity index (χ1v) is 9.62. The largest absolute Gasteiger partial charge is 0.339 e. The summed E-state index contributed by atoms with van der Waals surface area (Å²) in [6.45, 7) is 2.73. The van der Waals surface area contributed by atoms with E-state index in [4.69, 9.17) is 0 Å². The molecular weight excluding hydrogens is 352 g/mol. The van der Waals surface area contributed by atoms with Crippen LogP contribution in [0.2, 0.25) is 0 Å². The molecule has 8 nitrogen and oxygen atoms in total. The molecule has 1 saturated heterocycles. The summed E-state index contributed by atoms with van der Waals surface area (Å²) >= 11 is 1.37. The molecule has 0 bridgehead atoms. The number of carbonyl (C=O) groups excluding carboxylic acids is 2. The van der Waals surface area contributed by atoms with Gasteiger partial charge in [0, 0.05) is 49.9 Å². The van der Waals surface area contributed by atoms with Gasteiger partial charge in [0.2, 0.25) is 17.8 Å². The van der Waals surface area contributed by atoms with E-state index in [1.165, 1.54) is 11.3 Å². The van der Waals surface area contributed by atoms with Crippen LogP contribution in [0.25, 0.3) is 0 Å². The number of piperazine rings is 1. The minimum Gasteiger partial charge on any atom is -0.339 e. The van der Waals surface area contributed by atoms with Crippen LogP contribution < -0.4 is 10.2 Å². The Kier molecular flexibility index (Phi) is 4.79. The summed E-state index contributed by atoms with van der Waals surface area (Å²) in [7, 11) is 0. The fourth-order valence-electron chi connectivity index (χ4n) is 2.88. The summed E-state index contributed by atoms with van der Waals surface area (Å²) in [5.41, 5.74) is 0.708. The van der Waals surface area contributed by atoms with E-state index in [-0.39, 0.29) is 24.2 Å². The van der Waals surface area contributed by atoms with E-state index in [1.807, 2.05) is 10.3 Å². The maximum atomic E-state index is 12.5. The minimum absolute atomic E-state index is 0.0384. The van der Waals surface area contributed by atoms with Crippen LogP contribution in [0, 0.1) is 5.92 Å². The highest BCUT2D eigenvalue weighted by atomic mass is 32.1. The molecule has 136 valence electrons. The Morgan fingerprint density at radius 3 is 2.58 bits per heavy atom. The van der Waals surface area contributed by atoms with E-state index >= 15 is 0 Å². The van der Waals surface area contributed by atoms with Crippen molar-refractivity contribution in [3.63, 3.8) is 0 Å². The molecule has 0 unspecified atom stereocenters. The average molecular weight is 372 g/mol. The van der Waals surface area contributed by atoms with Crippen molar-refractivity contribution in [1.82, 2.24) is 19.9 Å². The number of hydrogen-bond acceptors (Lipinski definition) is 7. The van der Waals surface area contributed by atoms with Crippen LogP contribution in [0.1, 0.15) is 18.5 Å². The maximum absolute atomic E-state index is 12.5. The Hall–Kier alpha value is -2.55. The van der Waals surface area contributed by atoms with Crippen molar-refractivity contribution in [1.29, 1.82) is 0 Å². The summed E-state index contributed by atoms with van der Waals surface area (Å²) in [5.74, 6) is 0.949. The Morgan fingerprint density at radius 2 is 1.88 bits per heavy atom. The molecule has 2 aromatic heterocycles. The van der Waals surface area contributed by atoms with Gasteiger partial charge in [-0.05, 0) is 18.9 Å². The first-order valence-electron chi connectivity index (χ1n) is 8.74. The van der Waals surface area contributed by atoms with Crippen LogP contribution in [0.4, 0.5) is 11.1 Å². The lowest BCUT2D eigenvalue weighted by Crippen LogP contribution is -2.49. The molecule has 2 aromatic rings. The van der Waals surface area contributed by atoms with E-state index in [1.54, 1.807) is 18.5 Å². The first kappa shape index (κ1) is 16.9. The molecule has 4 rings (SSSR count). The number of nitrogens with one attached hydrogen (secondary N) is 1. The molecule has 1 aliphatic heterocycles. The third-order valence-electron chi connectivity index (χ3n) is 4.53. The van der Waals surface area contributed by atoms with Crippen LogP contribution in [0.3, 0.4) is 0 Å². The lowest BCUT2D eigenvalue weighted by molar-refractivity contribution is -0.130. The molecule has 1 N–H and O–H groups in total. The Morgan fingerprint density at radius 1 is 1.15 bits per heavy atom. The van der Waals surface area contributed by atoms with E-state index in [0.717, 1.165) is 25.9 Å². The predicted molar refractivity (Wildman–Crippen MR) is 98.0 cm³/mol. The van der Waals surface area contributed by atoms with Gasteiger partial charge in [-0.3, -0.25) is 9.59 Å². The van der Waals surface area contributed by atoms with Gasteiger partial charge < -0.3 is 15.1 Å². The molecule has 26 heavy (non-hydrogen) atoms. The van der Waals surface area contributed by atoms with Crippen molar-refractivity contribution >= 4 is 34.2 Å². The summed E-state index contributed by atoms with van der Waals surface area (Å²) < 4.78 is 0. The smallest absolute Gasteiger partial charge is 0.229 e. The lowest BCUT2D eigenvalue weighted by atomic mass is 10.2. The van der Waals surface area contributed by atoms with Gasteiger partial charge in [0.1, 0.15) is 0 Å². The fraction of sp³-hybridized carbons (Fsp3) is 0.471. The Labute approximate surface area is 155 Å². The number of aromatic nitrogens is 3. The van der Waals surface area contributed by atoms with Crippen molar-refractivity contribution in [3.05, 3.63) is 29.5 Å². The molecular formula is C17H20N6O2S. The Bertz CT molecular complexity index is 784. The van der Waals surface area contributed by atoms with Gasteiger partial charge in [-0.1, -0.05) is 0 Å². The number of nitrogens with zero attached hydrogens (tertiary/aromatic N) is 5. The third-order valence-corrected chi connectivity index (χ3v) is 5.34. The predicted octanol–water partition coefficient (Wildman–Crippen LogP) is 1.17. The molecule has 1 saturated carbocycles. The Balaban J connectivity index is 1.27. The van der Waals surface area contributed by atoms with E-state index in [2.05, 4.69) is 25.2 Å². The highest BCUT2D eigenvalue weighted by Gasteiger charge is 2.30. The van der Waals surface area contributed by atoms with E-state index < -0.39 is 0 Å². The van der Waals surface area contributed by atoms with Gasteiger partial charge >= 0.3 is 0 Å². The fourth-order valence-corrected chi connectivity index (χ4v) is 3.59. The summed E-state index contributed by atoms with van der Waals surface area (Å²) in [6, 6.07) is 1.79. The maximum Gasteiger partial charge on any atom is 0.229 e. The number of carbonyl (C=O) groups is 2. The van der Waals surface area contributed by atoms with Crippen molar-refractivity contribution in [2.45, 2.75) is 19.3 Å². The SMILES string of the molecule is O=C(Nc1nc(CC(=O)N2CCN(c3ncccn3)CC2)cs1)C1CC1. The molecule has 9 heteroatoms. The number of hydrogen-bond donors (Lipinski definition) is 1. The van der Waals surface area contributed by atoms with Crippen LogP contribution in [0.5, 0.6) is 0 Å². The molecule has 2 amide bonds. The zero-order valence-electron chi connectivity index (χ0n) is 14.3. The van der Waals surface area contributed by atoms with Gasteiger partial charge in [0.15, 0.2) is 5.13 Å². The third kappa shape index (κ3) is 3.98. The minimum atomic E-state index is 0.0384. The van der Waals surface area contributed by atoms with Crippen LogP contribution in [0.15, 0.2) is 23.8 Å². The average Bonchev–Trinajstić information content (AvgIpc) is 3.44. The van der Waals surface area contributed by atoms with Crippen LogP contribution in [-0.2, 0) is 16.0 Å². The summed E-state index contributed by atoms with van der Waals surface area (Å²) in [4.78, 5) is 41.1. The zero-order chi connectivity index (χ0) is 17.9. The molecule has 1 aliphatic carbocycles. The highest BCUT2D eigenvalue weighted by Crippen LogP contribution is 2.30. The first-order chi connectivity index (χ1) is 12.7. The molecule has 0 spiro atoms. The lowest BCUT2D eigenvalue weighted by Gasteiger charge is -2.34. The van der Waals surface area contributed by atoms with Gasteiger partial charge in [-0.25, -0.2) is 15.0 Å². The second-order valence-corrected chi connectivity index (χ2v) is 7.36. The summed E-state index contributed by atoms with van der Waals surface area (Å²) in [6.07, 6.45) is 5.63. The van der Waals surface area contributed by atoms with Crippen molar-refractivity contribution in [2.24, 2.45) is 5.92 Å². The molecule has 0 radical (unpaired) electrons. The topological polar surface area (TPSA) is 91.3 Å². The van der Waals surface area contributed by atoms with Crippen LogP contribution >= 0.6 is 11.3 Å². The van der Waals surface area contributed by atoms with Gasteiger partial charge in [-0.15, -0.1) is 11.3 Å². The molecule has 0 aromatic carbocycles. The standard InChI is InChI=1S/C17H20N6O2S/c24-14(10-13-11-26-17(20-13)21-15(25)12-2-3-12)22-6-8-23(9-7-22)16-18-4-1-5-19-16/h1,4-5,11-12H,2-3,6-10H2,(H,20,21,25). The van der Waals surface area contributed by atoms with Crippen LogP contribution in [-0.4, -0.2) is 57.8 Å². The molecule has 3 heterocycles. The highest BCUT2D eigenvalue weighted by molar-refractivity contribution is 7.13. The van der Waals surface area contributed by atoms with Gasteiger partial charge in [-0.2, -0.15) is 0 Å². The van der Waals surface area contributed by atoms with E-state index in [9.17, 15) is 9.59 Å². The zero-order valence-corrected chi connectivity index (χ0v) is 15.1. The molecule has 0 atom stereocenters. The quantitative estimate of drug-likeness (QED) is 0.847. The van der Waals surface area contributed by atoms with E-state index in [0.29, 0.717) is 29.9 Å². The normalized spacial score (nSPS) is 17.2. The van der Waals surface area contributed by atoms with Gasteiger partial charge in [0.25, 0.3) is 0 Å². The number of amides is 2. The molecule has 2 fully saturated rings. The molecule has 2 aliphatic rings. The van der Waals surface area contributed by atoms with Gasteiger partial charge in [0.05, 0.1) is 12.1 Å². The summed E-state index contributed by atoms with van der Waals surface area (Å²) in [5, 5.41) is 5.25. The number of rotatable bonds is 5. The monoisotopic (exact) mass is 372 g/mol. The number of thiazole rings is 1. The second kappa shape index (κ2) is 7.36. The van der Waals surface area contributed by atoms with Crippen molar-refractivity contribution < 1.29 is 9.59 Å². The number of anilines is 2. The van der Waals surface area contributed by atoms with Crippen molar-refractivity contribution in [3.8, 4) is 0 Å². The van der Waals surface area contributed by atoms with Crippen molar-refractivity contribution in [2.75, 3.05) is 36.4 Å².